The van der Waals surface area contributed by atoms with E-state index in [-0.39, 0.29) is 0 Å². The van der Waals surface area contributed by atoms with Crippen LogP contribution in [0.5, 0.6) is 5.75 Å². The van der Waals surface area contributed by atoms with Gasteiger partial charge in [0, 0.05) is 11.9 Å². The van der Waals surface area contributed by atoms with Gasteiger partial charge in [-0.05, 0) is 72.7 Å². The number of phenolic OH excluding ortho intramolecular Hbond substituents is 1. The molecule has 0 bridgehead atoms. The average molecular weight is 335 g/mol. The van der Waals surface area contributed by atoms with Gasteiger partial charge in [-0.3, -0.25) is 0 Å². The number of fused-ring (bicyclic) bond motifs is 1. The third kappa shape index (κ3) is 3.73. The van der Waals surface area contributed by atoms with E-state index in [2.05, 4.69) is 41.3 Å². The molecule has 0 atom stereocenters. The topological polar surface area (TPSA) is 58.0 Å². The Hall–Kier alpha value is -2.62. The Morgan fingerprint density at radius 3 is 2.40 bits per heavy atom. The maximum atomic E-state index is 10.0. The second kappa shape index (κ2) is 7.09. The summed E-state index contributed by atoms with van der Waals surface area (Å²) in [6.07, 6.45) is 2.70. The lowest BCUT2D eigenvalue weighted by Crippen LogP contribution is -2.06. The predicted octanol–water partition coefficient (Wildman–Crippen LogP) is 5.08. The van der Waals surface area contributed by atoms with Crippen LogP contribution in [0.1, 0.15) is 31.4 Å². The first-order valence-corrected chi connectivity index (χ1v) is 8.75. The number of hydrogen-bond donors (Lipinski definition) is 2. The zero-order valence-corrected chi connectivity index (χ0v) is 15.3. The number of aryl methyl sites for hydroxylation is 2. The number of hydrogen-bond acceptors (Lipinski definition) is 4. The first kappa shape index (κ1) is 17.2. The normalized spacial score (nSPS) is 11.2. The summed E-state index contributed by atoms with van der Waals surface area (Å²) in [5, 5.41) is 14.5. The largest absolute Gasteiger partial charge is 0.507 e. The van der Waals surface area contributed by atoms with Gasteiger partial charge in [0.1, 0.15) is 17.9 Å². The summed E-state index contributed by atoms with van der Waals surface area (Å²) < 4.78 is 0. The lowest BCUT2D eigenvalue weighted by molar-refractivity contribution is 0.467. The summed E-state index contributed by atoms with van der Waals surface area (Å²) in [7, 11) is 0. The highest BCUT2D eigenvalue weighted by molar-refractivity contribution is 5.92. The molecule has 1 aromatic heterocycles. The zero-order valence-electron chi connectivity index (χ0n) is 15.3. The first-order valence-electron chi connectivity index (χ1n) is 8.75. The lowest BCUT2D eigenvalue weighted by atomic mass is 9.98. The van der Waals surface area contributed by atoms with Crippen molar-refractivity contribution in [2.75, 3.05) is 11.9 Å². The maximum Gasteiger partial charge on any atom is 0.137 e. The van der Waals surface area contributed by atoms with Gasteiger partial charge < -0.3 is 10.4 Å². The van der Waals surface area contributed by atoms with Crippen LogP contribution in [0.25, 0.3) is 22.0 Å². The fraction of sp³-hybridized carbons (Fsp3) is 0.333. The number of aromatic hydroxyl groups is 1. The number of aromatic nitrogens is 2. The number of nitrogens with zero attached hydrogens (tertiary/aromatic N) is 2. The van der Waals surface area contributed by atoms with E-state index < -0.39 is 0 Å². The fourth-order valence-corrected chi connectivity index (χ4v) is 2.98. The molecule has 0 aliphatic heterocycles. The van der Waals surface area contributed by atoms with Crippen molar-refractivity contribution in [3.63, 3.8) is 0 Å². The highest BCUT2D eigenvalue weighted by atomic mass is 16.3. The molecular weight excluding hydrogens is 310 g/mol. The molecule has 4 heteroatoms. The quantitative estimate of drug-likeness (QED) is 0.683. The van der Waals surface area contributed by atoms with Gasteiger partial charge in [-0.2, -0.15) is 0 Å². The standard InChI is InChI=1S/C21H25N3O/c1-13(2)7-8-22-21-18-11-16(5-6-19(18)23-12-24-21)17-9-14(3)20(25)15(4)10-17/h5-6,9-13,25H,7-8H2,1-4H3,(H,22,23,24). The summed E-state index contributed by atoms with van der Waals surface area (Å²) in [6, 6.07) is 10.2. The van der Waals surface area contributed by atoms with Gasteiger partial charge >= 0.3 is 0 Å². The Morgan fingerprint density at radius 1 is 1.00 bits per heavy atom. The van der Waals surface area contributed by atoms with Gasteiger partial charge in [0.15, 0.2) is 0 Å². The van der Waals surface area contributed by atoms with Crippen LogP contribution in [0.4, 0.5) is 5.82 Å². The molecule has 0 saturated heterocycles. The van der Waals surface area contributed by atoms with Crippen molar-refractivity contribution in [1.29, 1.82) is 0 Å². The van der Waals surface area contributed by atoms with Crippen molar-refractivity contribution < 1.29 is 5.11 Å². The molecule has 3 aromatic rings. The molecule has 0 aliphatic carbocycles. The number of rotatable bonds is 5. The Balaban J connectivity index is 2.01. The number of phenols is 1. The van der Waals surface area contributed by atoms with Crippen LogP contribution in [-0.2, 0) is 0 Å². The third-order valence-corrected chi connectivity index (χ3v) is 4.47. The van der Waals surface area contributed by atoms with Crippen molar-refractivity contribution in [2.45, 2.75) is 34.1 Å². The van der Waals surface area contributed by atoms with Gasteiger partial charge in [-0.15, -0.1) is 0 Å². The molecule has 2 aromatic carbocycles. The molecule has 1 heterocycles. The highest BCUT2D eigenvalue weighted by Crippen LogP contribution is 2.31. The molecule has 0 unspecified atom stereocenters. The second-order valence-corrected chi connectivity index (χ2v) is 7.02. The molecule has 25 heavy (non-hydrogen) atoms. The van der Waals surface area contributed by atoms with Crippen molar-refractivity contribution in [1.82, 2.24) is 9.97 Å². The summed E-state index contributed by atoms with van der Waals surface area (Å²) >= 11 is 0. The number of anilines is 1. The Labute approximate surface area is 149 Å². The summed E-state index contributed by atoms with van der Waals surface area (Å²) in [6.45, 7) is 9.18. The minimum atomic E-state index is 0.365. The Morgan fingerprint density at radius 2 is 1.72 bits per heavy atom. The van der Waals surface area contributed by atoms with E-state index in [0.29, 0.717) is 11.7 Å². The van der Waals surface area contributed by atoms with Crippen LogP contribution < -0.4 is 5.32 Å². The maximum absolute atomic E-state index is 10.0. The van der Waals surface area contributed by atoms with Gasteiger partial charge in [0.25, 0.3) is 0 Å². The van der Waals surface area contributed by atoms with Crippen LogP contribution in [0, 0.1) is 19.8 Å². The summed E-state index contributed by atoms with van der Waals surface area (Å²) in [5.74, 6) is 1.89. The average Bonchev–Trinajstić information content (AvgIpc) is 2.58. The van der Waals surface area contributed by atoms with Crippen LogP contribution in [0.15, 0.2) is 36.7 Å². The Bertz CT molecular complexity index is 880. The monoisotopic (exact) mass is 335 g/mol. The van der Waals surface area contributed by atoms with E-state index in [1.807, 2.05) is 32.0 Å². The molecule has 0 fully saturated rings. The van der Waals surface area contributed by atoms with E-state index in [0.717, 1.165) is 51.9 Å². The molecule has 0 aliphatic rings. The van der Waals surface area contributed by atoms with Gasteiger partial charge in [0.2, 0.25) is 0 Å². The van der Waals surface area contributed by atoms with Crippen molar-refractivity contribution in [3.8, 4) is 16.9 Å². The molecule has 0 amide bonds. The van der Waals surface area contributed by atoms with Gasteiger partial charge in [0.05, 0.1) is 5.52 Å². The molecule has 130 valence electrons. The SMILES string of the molecule is Cc1cc(-c2ccc3ncnc(NCCC(C)C)c3c2)cc(C)c1O. The highest BCUT2D eigenvalue weighted by Gasteiger charge is 2.09. The van der Waals surface area contributed by atoms with E-state index in [1.165, 1.54) is 0 Å². The molecular formula is C21H25N3O. The van der Waals surface area contributed by atoms with Crippen LogP contribution >= 0.6 is 0 Å². The molecule has 0 spiro atoms. The van der Waals surface area contributed by atoms with Crippen LogP contribution in [0.3, 0.4) is 0 Å². The minimum Gasteiger partial charge on any atom is -0.507 e. The van der Waals surface area contributed by atoms with E-state index in [4.69, 9.17) is 0 Å². The Kier molecular flexibility index (Phi) is 4.88. The minimum absolute atomic E-state index is 0.365. The second-order valence-electron chi connectivity index (χ2n) is 7.02. The molecule has 0 saturated carbocycles. The summed E-state index contributed by atoms with van der Waals surface area (Å²) in [4.78, 5) is 8.80. The van der Waals surface area contributed by atoms with Gasteiger partial charge in [-0.1, -0.05) is 19.9 Å². The van der Waals surface area contributed by atoms with Crippen molar-refractivity contribution >= 4 is 16.7 Å². The lowest BCUT2D eigenvalue weighted by Gasteiger charge is -2.12. The first-order chi connectivity index (χ1) is 12.0. The number of nitrogens with one attached hydrogen (secondary N) is 1. The molecule has 4 nitrogen and oxygen atoms in total. The third-order valence-electron chi connectivity index (χ3n) is 4.47. The van der Waals surface area contributed by atoms with E-state index >= 15 is 0 Å². The van der Waals surface area contributed by atoms with Crippen LogP contribution in [0.2, 0.25) is 0 Å². The van der Waals surface area contributed by atoms with Gasteiger partial charge in [-0.25, -0.2) is 9.97 Å². The van der Waals surface area contributed by atoms with Crippen molar-refractivity contribution in [2.24, 2.45) is 5.92 Å². The molecule has 3 rings (SSSR count). The molecule has 0 radical (unpaired) electrons. The van der Waals surface area contributed by atoms with Crippen molar-refractivity contribution in [3.05, 3.63) is 47.8 Å². The summed E-state index contributed by atoms with van der Waals surface area (Å²) in [5.41, 5.74) is 4.88. The van der Waals surface area contributed by atoms with Crippen LogP contribution in [-0.4, -0.2) is 21.6 Å². The zero-order chi connectivity index (χ0) is 18.0. The van der Waals surface area contributed by atoms with E-state index in [1.54, 1.807) is 6.33 Å². The number of benzene rings is 2. The predicted molar refractivity (Wildman–Crippen MR) is 104 cm³/mol. The van der Waals surface area contributed by atoms with E-state index in [9.17, 15) is 5.11 Å². The fourth-order valence-electron chi connectivity index (χ4n) is 2.98. The smallest absolute Gasteiger partial charge is 0.137 e. The molecule has 2 N–H and O–H groups in total.